The van der Waals surface area contributed by atoms with Gasteiger partial charge in [0.15, 0.2) is 0 Å². The van der Waals surface area contributed by atoms with E-state index in [4.69, 9.17) is 4.42 Å². The van der Waals surface area contributed by atoms with E-state index in [9.17, 15) is 13.2 Å². The fourth-order valence-electron chi connectivity index (χ4n) is 2.04. The van der Waals surface area contributed by atoms with Crippen molar-refractivity contribution in [2.75, 3.05) is 6.54 Å². The molecule has 0 amide bonds. The van der Waals surface area contributed by atoms with E-state index < -0.39 is 11.7 Å². The van der Waals surface area contributed by atoms with E-state index in [2.05, 4.69) is 21.2 Å². The van der Waals surface area contributed by atoms with Crippen molar-refractivity contribution in [1.29, 1.82) is 0 Å². The lowest BCUT2D eigenvalue weighted by Gasteiger charge is -2.11. The lowest BCUT2D eigenvalue weighted by molar-refractivity contribution is -0.138. The van der Waals surface area contributed by atoms with Gasteiger partial charge in [0.2, 0.25) is 0 Å². The molecule has 114 valence electrons. The highest BCUT2D eigenvalue weighted by molar-refractivity contribution is 9.10. The van der Waals surface area contributed by atoms with Gasteiger partial charge in [0.25, 0.3) is 0 Å². The number of halogens is 4. The van der Waals surface area contributed by atoms with Crippen molar-refractivity contribution in [2.24, 2.45) is 0 Å². The van der Waals surface area contributed by atoms with E-state index in [1.807, 2.05) is 13.8 Å². The number of rotatable bonds is 4. The Kier molecular flexibility index (Phi) is 4.78. The largest absolute Gasteiger partial charge is 0.459 e. The summed E-state index contributed by atoms with van der Waals surface area (Å²) < 4.78 is 44.4. The SMILES string of the molecule is CCNC(C)c1ccc(-c2ccc(Br)c(C(F)(F)F)c2)o1. The predicted molar refractivity (Wildman–Crippen MR) is 78.9 cm³/mol. The third-order valence-corrected chi connectivity index (χ3v) is 3.81. The first-order valence-electron chi connectivity index (χ1n) is 6.53. The molecule has 0 saturated heterocycles. The topological polar surface area (TPSA) is 25.2 Å². The Morgan fingerprint density at radius 3 is 2.57 bits per heavy atom. The predicted octanol–water partition coefficient (Wildman–Crippen LogP) is 5.40. The number of benzene rings is 1. The number of nitrogens with one attached hydrogen (secondary N) is 1. The summed E-state index contributed by atoms with van der Waals surface area (Å²) >= 11 is 2.93. The maximum Gasteiger partial charge on any atom is 0.417 e. The molecular weight excluding hydrogens is 347 g/mol. The third kappa shape index (κ3) is 3.68. The Hall–Kier alpha value is -1.27. The van der Waals surface area contributed by atoms with Gasteiger partial charge in [0.05, 0.1) is 11.6 Å². The first-order valence-corrected chi connectivity index (χ1v) is 7.32. The van der Waals surface area contributed by atoms with Crippen LogP contribution in [0, 0.1) is 0 Å². The first kappa shape index (κ1) is 16.1. The molecule has 1 heterocycles. The van der Waals surface area contributed by atoms with Crippen molar-refractivity contribution < 1.29 is 17.6 Å². The lowest BCUT2D eigenvalue weighted by atomic mass is 10.1. The Balaban J connectivity index is 2.35. The molecule has 0 saturated carbocycles. The summed E-state index contributed by atoms with van der Waals surface area (Å²) in [7, 11) is 0. The smallest absolute Gasteiger partial charge is 0.417 e. The fourth-order valence-corrected chi connectivity index (χ4v) is 2.51. The zero-order chi connectivity index (χ0) is 15.6. The van der Waals surface area contributed by atoms with Crippen molar-refractivity contribution >= 4 is 15.9 Å². The van der Waals surface area contributed by atoms with E-state index in [-0.39, 0.29) is 10.5 Å². The van der Waals surface area contributed by atoms with Gasteiger partial charge >= 0.3 is 6.18 Å². The fraction of sp³-hybridized carbons (Fsp3) is 0.333. The molecular formula is C15H15BrF3NO. The lowest BCUT2D eigenvalue weighted by Crippen LogP contribution is -2.16. The average Bonchev–Trinajstić information content (AvgIpc) is 2.88. The normalized spacial score (nSPS) is 13.4. The molecule has 6 heteroatoms. The molecule has 2 rings (SSSR count). The highest BCUT2D eigenvalue weighted by Gasteiger charge is 2.33. The quantitative estimate of drug-likeness (QED) is 0.788. The van der Waals surface area contributed by atoms with Gasteiger partial charge < -0.3 is 9.73 Å². The van der Waals surface area contributed by atoms with Crippen molar-refractivity contribution in [2.45, 2.75) is 26.1 Å². The molecule has 1 N–H and O–H groups in total. The molecule has 0 fully saturated rings. The molecule has 1 unspecified atom stereocenters. The summed E-state index contributed by atoms with van der Waals surface area (Å²) in [6, 6.07) is 7.55. The third-order valence-electron chi connectivity index (χ3n) is 3.12. The average molecular weight is 362 g/mol. The molecule has 2 nitrogen and oxygen atoms in total. The summed E-state index contributed by atoms with van der Waals surface area (Å²) in [5.41, 5.74) is -0.307. The minimum absolute atomic E-state index is 0.0151. The van der Waals surface area contributed by atoms with Crippen LogP contribution in [0.2, 0.25) is 0 Å². The molecule has 1 aromatic carbocycles. The van der Waals surface area contributed by atoms with E-state index in [0.717, 1.165) is 12.6 Å². The molecule has 0 aliphatic heterocycles. The molecule has 1 atom stereocenters. The summed E-state index contributed by atoms with van der Waals surface area (Å²) in [6.07, 6.45) is -4.40. The zero-order valence-corrected chi connectivity index (χ0v) is 13.2. The van der Waals surface area contributed by atoms with Crippen molar-refractivity contribution in [3.63, 3.8) is 0 Å². The Labute approximate surface area is 129 Å². The number of hydrogen-bond donors (Lipinski definition) is 1. The molecule has 0 aliphatic carbocycles. The highest BCUT2D eigenvalue weighted by atomic mass is 79.9. The summed E-state index contributed by atoms with van der Waals surface area (Å²) in [5.74, 6) is 1.12. The second-order valence-corrected chi connectivity index (χ2v) is 5.53. The van der Waals surface area contributed by atoms with Gasteiger partial charge in [0, 0.05) is 10.0 Å². The molecule has 1 aromatic heterocycles. The highest BCUT2D eigenvalue weighted by Crippen LogP contribution is 2.37. The van der Waals surface area contributed by atoms with Crippen LogP contribution >= 0.6 is 15.9 Å². The molecule has 0 spiro atoms. The standard InChI is InChI=1S/C15H15BrF3NO/c1-3-20-9(2)13-6-7-14(21-13)10-4-5-12(16)11(8-10)15(17,18)19/h4-9,20H,3H2,1-2H3. The molecule has 0 radical (unpaired) electrons. The van der Waals surface area contributed by atoms with Crippen LogP contribution in [0.25, 0.3) is 11.3 Å². The number of hydrogen-bond acceptors (Lipinski definition) is 2. The zero-order valence-electron chi connectivity index (χ0n) is 11.6. The van der Waals surface area contributed by atoms with Crippen LogP contribution in [-0.2, 0) is 6.18 Å². The van der Waals surface area contributed by atoms with Gasteiger partial charge in [-0.2, -0.15) is 13.2 Å². The summed E-state index contributed by atoms with van der Waals surface area (Å²) in [4.78, 5) is 0. The van der Waals surface area contributed by atoms with Gasteiger partial charge in [-0.15, -0.1) is 0 Å². The van der Waals surface area contributed by atoms with Gasteiger partial charge in [0.1, 0.15) is 11.5 Å². The van der Waals surface area contributed by atoms with Crippen LogP contribution < -0.4 is 5.32 Å². The molecule has 2 aromatic rings. The van der Waals surface area contributed by atoms with Crippen LogP contribution in [-0.4, -0.2) is 6.54 Å². The van der Waals surface area contributed by atoms with E-state index in [1.54, 1.807) is 18.2 Å². The van der Waals surface area contributed by atoms with Crippen molar-refractivity contribution in [3.05, 3.63) is 46.1 Å². The van der Waals surface area contributed by atoms with E-state index in [1.165, 1.54) is 6.07 Å². The summed E-state index contributed by atoms with van der Waals surface area (Å²) in [6.45, 7) is 4.70. The van der Waals surface area contributed by atoms with Crippen LogP contribution in [0.15, 0.2) is 39.2 Å². The monoisotopic (exact) mass is 361 g/mol. The first-order chi connectivity index (χ1) is 9.82. The Bertz CT molecular complexity index is 622. The minimum atomic E-state index is -4.40. The molecule has 0 aliphatic rings. The maximum absolute atomic E-state index is 12.9. The van der Waals surface area contributed by atoms with Crippen molar-refractivity contribution in [1.82, 2.24) is 5.32 Å². The van der Waals surface area contributed by atoms with Crippen LogP contribution in [0.5, 0.6) is 0 Å². The number of alkyl halides is 3. The Morgan fingerprint density at radius 1 is 1.24 bits per heavy atom. The van der Waals surface area contributed by atoms with Crippen LogP contribution in [0.3, 0.4) is 0 Å². The van der Waals surface area contributed by atoms with Gasteiger partial charge in [-0.25, -0.2) is 0 Å². The minimum Gasteiger partial charge on any atom is -0.459 e. The summed E-state index contributed by atoms with van der Waals surface area (Å²) in [5, 5.41) is 3.19. The maximum atomic E-state index is 12.9. The van der Waals surface area contributed by atoms with Gasteiger partial charge in [-0.1, -0.05) is 28.9 Å². The van der Waals surface area contributed by atoms with Crippen molar-refractivity contribution in [3.8, 4) is 11.3 Å². The molecule has 0 bridgehead atoms. The second kappa shape index (κ2) is 6.23. The second-order valence-electron chi connectivity index (χ2n) is 4.67. The van der Waals surface area contributed by atoms with Crippen LogP contribution in [0.4, 0.5) is 13.2 Å². The van der Waals surface area contributed by atoms with Gasteiger partial charge in [-0.3, -0.25) is 0 Å². The van der Waals surface area contributed by atoms with E-state index in [0.29, 0.717) is 17.1 Å². The number of furan rings is 1. The Morgan fingerprint density at radius 2 is 1.95 bits per heavy atom. The van der Waals surface area contributed by atoms with E-state index >= 15 is 0 Å². The van der Waals surface area contributed by atoms with Crippen LogP contribution in [0.1, 0.15) is 31.2 Å². The van der Waals surface area contributed by atoms with Gasteiger partial charge in [-0.05, 0) is 37.7 Å². The molecule has 21 heavy (non-hydrogen) atoms.